The topological polar surface area (TPSA) is 119 Å². The monoisotopic (exact) mass is 569 g/mol. The number of hydrogen-bond acceptors (Lipinski definition) is 8. The molecule has 3 heterocycles. The number of rotatable bonds is 8. The van der Waals surface area contributed by atoms with Crippen LogP contribution in [0.15, 0.2) is 24.5 Å². The number of carbonyl (C=O) groups excluding carboxylic acids is 2. The van der Waals surface area contributed by atoms with E-state index in [9.17, 15) is 14.7 Å². The molecule has 0 unspecified atom stereocenters. The van der Waals surface area contributed by atoms with E-state index < -0.39 is 23.3 Å². The number of carbonyl (C=O) groups is 2. The number of methoxy groups -OCH3 is 1. The highest BCUT2D eigenvalue weighted by molar-refractivity contribution is 6.42. The van der Waals surface area contributed by atoms with Crippen LogP contribution in [0, 0.1) is 5.92 Å². The number of amides is 2. The minimum absolute atomic E-state index is 0.0154. The van der Waals surface area contributed by atoms with Crippen molar-refractivity contribution in [1.29, 1.82) is 0 Å². The lowest BCUT2D eigenvalue weighted by Gasteiger charge is -2.46. The Bertz CT molecular complexity index is 1150. The summed E-state index contributed by atoms with van der Waals surface area (Å²) < 4.78 is 18.0. The van der Waals surface area contributed by atoms with Crippen LogP contribution < -0.4 is 4.74 Å². The van der Waals surface area contributed by atoms with Gasteiger partial charge >= 0.3 is 6.09 Å². The number of β-amino-alcohol motifs (C(OH)–C–C–N with tert-alkyl or cyclic N) is 1. The van der Waals surface area contributed by atoms with Gasteiger partial charge in [-0.3, -0.25) is 4.79 Å². The fourth-order valence-electron chi connectivity index (χ4n) is 4.91. The van der Waals surface area contributed by atoms with Gasteiger partial charge in [-0.05, 0) is 45.2 Å². The van der Waals surface area contributed by atoms with Crippen molar-refractivity contribution in [1.82, 2.24) is 24.8 Å². The summed E-state index contributed by atoms with van der Waals surface area (Å²) in [5, 5.41) is 18.9. The molecule has 0 radical (unpaired) electrons. The highest BCUT2D eigenvalue weighted by Gasteiger charge is 2.46. The molecule has 0 aliphatic carbocycles. The van der Waals surface area contributed by atoms with Crippen molar-refractivity contribution in [3.05, 3.63) is 40.1 Å². The predicted octanol–water partition coefficient (Wildman–Crippen LogP) is 3.53. The molecule has 13 heteroatoms. The normalized spacial score (nSPS) is 20.8. The largest absolute Gasteiger partial charge is 0.467 e. The molecule has 208 valence electrons. The van der Waals surface area contributed by atoms with Crippen LogP contribution in [-0.2, 0) is 20.8 Å². The Labute approximate surface area is 231 Å². The molecule has 1 aromatic heterocycles. The molecule has 0 saturated carbocycles. The van der Waals surface area contributed by atoms with Gasteiger partial charge in [-0.25, -0.2) is 9.48 Å². The number of nitrogens with zero attached hydrogens (tertiary/aromatic N) is 5. The summed E-state index contributed by atoms with van der Waals surface area (Å²) in [4.78, 5) is 29.6. The molecule has 2 fully saturated rings. The molecular weight excluding hydrogens is 537 g/mol. The summed E-state index contributed by atoms with van der Waals surface area (Å²) >= 11 is 13.0. The molecule has 2 saturated heterocycles. The van der Waals surface area contributed by atoms with E-state index in [1.807, 2.05) is 0 Å². The molecule has 2 atom stereocenters. The van der Waals surface area contributed by atoms with Gasteiger partial charge in [-0.2, -0.15) is 0 Å². The zero-order valence-electron chi connectivity index (χ0n) is 21.9. The van der Waals surface area contributed by atoms with Crippen LogP contribution in [0.5, 0.6) is 5.75 Å². The third-order valence-corrected chi connectivity index (χ3v) is 7.31. The fourth-order valence-corrected chi connectivity index (χ4v) is 5.36. The van der Waals surface area contributed by atoms with Crippen molar-refractivity contribution in [2.75, 3.05) is 33.5 Å². The summed E-state index contributed by atoms with van der Waals surface area (Å²) in [6.45, 7) is 6.31. The van der Waals surface area contributed by atoms with Crippen LogP contribution >= 0.6 is 23.2 Å². The van der Waals surface area contributed by atoms with Crippen LogP contribution in [0.2, 0.25) is 10.0 Å². The minimum Gasteiger partial charge on any atom is -0.467 e. The van der Waals surface area contributed by atoms with Crippen molar-refractivity contribution < 1.29 is 28.9 Å². The standard InChI is InChI=1S/C25H33Cl2N5O6/c1-24(2,3)38-23(34)32-11-16(9-18(32)21-19(37-15-36-4)6-5-17(26)22(21)27)10-20(33)30-12-25(35,13-30)14-31-8-7-28-29-31/h5-8,16,18,35H,9-15H2,1-4H3/t16-,18+/m0/s1. The molecule has 1 N–H and O–H groups in total. The van der Waals surface area contributed by atoms with Gasteiger partial charge in [0.25, 0.3) is 0 Å². The highest BCUT2D eigenvalue weighted by atomic mass is 35.5. The van der Waals surface area contributed by atoms with Crippen molar-refractivity contribution >= 4 is 35.2 Å². The SMILES string of the molecule is COCOc1ccc(Cl)c(Cl)c1[C@H]1C[C@@H](CC(=O)N2CC(O)(Cn3ccnn3)C2)CN1C(=O)OC(C)(C)C. The maximum absolute atomic E-state index is 13.3. The van der Waals surface area contributed by atoms with Gasteiger partial charge in [-0.1, -0.05) is 28.4 Å². The molecule has 2 aliphatic rings. The van der Waals surface area contributed by atoms with E-state index in [0.717, 1.165) is 0 Å². The van der Waals surface area contributed by atoms with Crippen LogP contribution in [0.1, 0.15) is 45.2 Å². The second kappa shape index (κ2) is 11.3. The van der Waals surface area contributed by atoms with Gasteiger partial charge in [0.2, 0.25) is 5.91 Å². The number of hydrogen-bond donors (Lipinski definition) is 1. The lowest BCUT2D eigenvalue weighted by Crippen LogP contribution is -2.65. The quantitative estimate of drug-likeness (QED) is 0.479. The van der Waals surface area contributed by atoms with E-state index in [1.165, 1.54) is 13.3 Å². The second-order valence-electron chi connectivity index (χ2n) is 10.9. The molecule has 2 amide bonds. The Morgan fingerprint density at radius 3 is 2.61 bits per heavy atom. The molecule has 2 aliphatic heterocycles. The number of likely N-dealkylation sites (tertiary alicyclic amines) is 2. The zero-order valence-corrected chi connectivity index (χ0v) is 23.4. The molecule has 0 bridgehead atoms. The third kappa shape index (κ3) is 6.51. The van der Waals surface area contributed by atoms with Crippen LogP contribution in [0.25, 0.3) is 0 Å². The number of halogens is 2. The maximum atomic E-state index is 13.3. The Morgan fingerprint density at radius 2 is 1.97 bits per heavy atom. The van der Waals surface area contributed by atoms with Crippen LogP contribution in [-0.4, -0.2) is 86.6 Å². The summed E-state index contributed by atoms with van der Waals surface area (Å²) in [7, 11) is 1.50. The first-order chi connectivity index (χ1) is 17.9. The summed E-state index contributed by atoms with van der Waals surface area (Å²) in [6, 6.07) is 2.78. The number of ether oxygens (including phenoxy) is 3. The Kier molecular flexibility index (Phi) is 8.41. The van der Waals surface area contributed by atoms with Gasteiger partial charge in [0.15, 0.2) is 6.79 Å². The number of aliphatic hydroxyl groups is 1. The lowest BCUT2D eigenvalue weighted by atomic mass is 9.91. The smallest absolute Gasteiger partial charge is 0.410 e. The van der Waals surface area contributed by atoms with Gasteiger partial charge in [0, 0.05) is 31.8 Å². The molecule has 1 aromatic carbocycles. The van der Waals surface area contributed by atoms with E-state index >= 15 is 0 Å². The average Bonchev–Trinajstić information content (AvgIpc) is 3.47. The van der Waals surface area contributed by atoms with Crippen molar-refractivity contribution in [3.8, 4) is 5.75 Å². The minimum atomic E-state index is -1.05. The zero-order chi connectivity index (χ0) is 27.7. The van der Waals surface area contributed by atoms with Crippen LogP contribution in [0.4, 0.5) is 4.79 Å². The lowest BCUT2D eigenvalue weighted by molar-refractivity contribution is -0.159. The van der Waals surface area contributed by atoms with E-state index in [4.69, 9.17) is 37.4 Å². The van der Waals surface area contributed by atoms with E-state index in [-0.39, 0.29) is 56.2 Å². The Balaban J connectivity index is 1.50. The first-order valence-corrected chi connectivity index (χ1v) is 13.1. The summed E-state index contributed by atoms with van der Waals surface area (Å²) in [5.41, 5.74) is -1.22. The Hall–Kier alpha value is -2.60. The number of aromatic nitrogens is 3. The van der Waals surface area contributed by atoms with Gasteiger partial charge in [0.05, 0.1) is 41.9 Å². The van der Waals surface area contributed by atoms with Crippen molar-refractivity contribution in [3.63, 3.8) is 0 Å². The number of benzene rings is 1. The van der Waals surface area contributed by atoms with Gasteiger partial charge in [0.1, 0.15) is 17.0 Å². The molecule has 11 nitrogen and oxygen atoms in total. The van der Waals surface area contributed by atoms with Crippen LogP contribution in [0.3, 0.4) is 0 Å². The third-order valence-electron chi connectivity index (χ3n) is 6.49. The molecule has 0 spiro atoms. The molecule has 38 heavy (non-hydrogen) atoms. The molecular formula is C25H33Cl2N5O6. The summed E-state index contributed by atoms with van der Waals surface area (Å²) in [5.74, 6) is 0.165. The van der Waals surface area contributed by atoms with E-state index in [1.54, 1.807) is 53.6 Å². The predicted molar refractivity (Wildman–Crippen MR) is 139 cm³/mol. The van der Waals surface area contributed by atoms with Crippen molar-refractivity contribution in [2.45, 2.75) is 57.4 Å². The highest BCUT2D eigenvalue weighted by Crippen LogP contribution is 2.46. The van der Waals surface area contributed by atoms with Crippen molar-refractivity contribution in [2.24, 2.45) is 5.92 Å². The van der Waals surface area contributed by atoms with E-state index in [2.05, 4.69) is 10.3 Å². The van der Waals surface area contributed by atoms with Gasteiger partial charge in [-0.15, -0.1) is 5.10 Å². The van der Waals surface area contributed by atoms with E-state index in [0.29, 0.717) is 22.8 Å². The second-order valence-corrected chi connectivity index (χ2v) is 11.6. The Morgan fingerprint density at radius 1 is 1.24 bits per heavy atom. The summed E-state index contributed by atoms with van der Waals surface area (Å²) in [6.07, 6.45) is 3.33. The average molecular weight is 570 g/mol. The molecule has 4 rings (SSSR count). The molecule has 2 aromatic rings. The fraction of sp³-hybridized carbons (Fsp3) is 0.600. The first-order valence-electron chi connectivity index (χ1n) is 12.3. The maximum Gasteiger partial charge on any atom is 0.410 e. The van der Waals surface area contributed by atoms with Gasteiger partial charge < -0.3 is 29.1 Å². The first kappa shape index (κ1) is 28.4.